The minimum Gasteiger partial charge on any atom is -0.450 e. The van der Waals surface area contributed by atoms with Gasteiger partial charge in [0.2, 0.25) is 0 Å². The van der Waals surface area contributed by atoms with Gasteiger partial charge in [-0.1, -0.05) is 13.8 Å². The monoisotopic (exact) mass is 214 g/mol. The van der Waals surface area contributed by atoms with E-state index in [-0.39, 0.29) is 12.1 Å². The first-order valence-corrected chi connectivity index (χ1v) is 5.82. The van der Waals surface area contributed by atoms with Crippen molar-refractivity contribution >= 4 is 6.09 Å². The van der Waals surface area contributed by atoms with Crippen molar-refractivity contribution in [1.82, 2.24) is 10.6 Å². The molecular weight excluding hydrogens is 192 g/mol. The molecule has 0 radical (unpaired) electrons. The normalized spacial score (nSPS) is 17.8. The highest BCUT2D eigenvalue weighted by Crippen LogP contribution is 2.03. The number of hydrogen-bond acceptors (Lipinski definition) is 3. The molecule has 0 saturated carbocycles. The van der Waals surface area contributed by atoms with Gasteiger partial charge in [0.15, 0.2) is 0 Å². The van der Waals surface area contributed by atoms with Crippen LogP contribution in [0.15, 0.2) is 0 Å². The number of piperidine rings is 1. The molecule has 15 heavy (non-hydrogen) atoms. The van der Waals surface area contributed by atoms with E-state index in [1.807, 2.05) is 0 Å². The van der Waals surface area contributed by atoms with E-state index in [0.717, 1.165) is 32.4 Å². The summed E-state index contributed by atoms with van der Waals surface area (Å²) in [6.45, 7) is 6.73. The first-order valence-electron chi connectivity index (χ1n) is 5.82. The van der Waals surface area contributed by atoms with Crippen molar-refractivity contribution < 1.29 is 9.53 Å². The number of amides is 1. The van der Waals surface area contributed by atoms with Gasteiger partial charge in [-0.25, -0.2) is 4.79 Å². The van der Waals surface area contributed by atoms with Gasteiger partial charge >= 0.3 is 6.09 Å². The topological polar surface area (TPSA) is 50.4 Å². The first kappa shape index (κ1) is 12.3. The molecule has 1 saturated heterocycles. The van der Waals surface area contributed by atoms with Crippen LogP contribution in [0.3, 0.4) is 0 Å². The minimum atomic E-state index is -0.262. The second-order valence-corrected chi connectivity index (χ2v) is 4.49. The molecule has 1 amide bonds. The SMILES string of the molecule is CC(C)CCOC(=O)NC1CCNCC1. The number of hydrogen-bond donors (Lipinski definition) is 2. The quantitative estimate of drug-likeness (QED) is 0.746. The second-order valence-electron chi connectivity index (χ2n) is 4.49. The molecule has 4 heteroatoms. The largest absolute Gasteiger partial charge is 0.450 e. The molecule has 0 bridgehead atoms. The van der Waals surface area contributed by atoms with E-state index in [0.29, 0.717) is 12.5 Å². The third kappa shape index (κ3) is 5.62. The number of rotatable bonds is 4. The number of carbonyl (C=O) groups excluding carboxylic acids is 1. The van der Waals surface area contributed by atoms with E-state index in [4.69, 9.17) is 4.74 Å². The van der Waals surface area contributed by atoms with Crippen LogP contribution in [0.25, 0.3) is 0 Å². The Balaban J connectivity index is 2.06. The number of alkyl carbamates (subject to hydrolysis) is 1. The summed E-state index contributed by atoms with van der Waals surface area (Å²) in [6, 6.07) is 0.290. The Morgan fingerprint density at radius 1 is 1.47 bits per heavy atom. The highest BCUT2D eigenvalue weighted by atomic mass is 16.5. The van der Waals surface area contributed by atoms with Gasteiger partial charge in [-0.05, 0) is 38.3 Å². The van der Waals surface area contributed by atoms with Crippen LogP contribution >= 0.6 is 0 Å². The Morgan fingerprint density at radius 2 is 2.13 bits per heavy atom. The van der Waals surface area contributed by atoms with Crippen molar-refractivity contribution in [2.24, 2.45) is 5.92 Å². The molecule has 1 aliphatic rings. The van der Waals surface area contributed by atoms with Crippen LogP contribution in [0.5, 0.6) is 0 Å². The fourth-order valence-electron chi connectivity index (χ4n) is 1.56. The summed E-state index contributed by atoms with van der Waals surface area (Å²) in [5.74, 6) is 0.580. The Bertz CT molecular complexity index is 189. The van der Waals surface area contributed by atoms with Crippen LogP contribution in [0.2, 0.25) is 0 Å². The van der Waals surface area contributed by atoms with E-state index in [1.54, 1.807) is 0 Å². The molecule has 0 aromatic rings. The van der Waals surface area contributed by atoms with Crippen molar-refractivity contribution in [2.75, 3.05) is 19.7 Å². The molecule has 0 aliphatic carbocycles. The number of carbonyl (C=O) groups is 1. The zero-order chi connectivity index (χ0) is 11.1. The molecule has 1 heterocycles. The van der Waals surface area contributed by atoms with Crippen LogP contribution in [0.4, 0.5) is 4.79 Å². The van der Waals surface area contributed by atoms with Crippen LogP contribution in [0.1, 0.15) is 33.1 Å². The lowest BCUT2D eigenvalue weighted by molar-refractivity contribution is 0.134. The maximum absolute atomic E-state index is 11.3. The maximum Gasteiger partial charge on any atom is 0.407 e. The third-order valence-electron chi connectivity index (χ3n) is 2.59. The van der Waals surface area contributed by atoms with E-state index in [1.165, 1.54) is 0 Å². The summed E-state index contributed by atoms with van der Waals surface area (Å²) in [6.07, 6.45) is 2.67. The van der Waals surface area contributed by atoms with Crippen LogP contribution in [-0.2, 0) is 4.74 Å². The smallest absolute Gasteiger partial charge is 0.407 e. The molecule has 0 unspecified atom stereocenters. The van der Waals surface area contributed by atoms with Gasteiger partial charge < -0.3 is 15.4 Å². The summed E-state index contributed by atoms with van der Waals surface area (Å²) in [7, 11) is 0. The fourth-order valence-corrected chi connectivity index (χ4v) is 1.56. The van der Waals surface area contributed by atoms with E-state index in [2.05, 4.69) is 24.5 Å². The predicted molar refractivity (Wildman–Crippen MR) is 59.8 cm³/mol. The standard InChI is InChI=1S/C11H22N2O2/c1-9(2)5-8-15-11(14)13-10-3-6-12-7-4-10/h9-10,12H,3-8H2,1-2H3,(H,13,14). The van der Waals surface area contributed by atoms with Gasteiger partial charge in [0.1, 0.15) is 0 Å². The average molecular weight is 214 g/mol. The lowest BCUT2D eigenvalue weighted by atomic mass is 10.1. The molecule has 4 nitrogen and oxygen atoms in total. The highest BCUT2D eigenvalue weighted by molar-refractivity contribution is 5.67. The lowest BCUT2D eigenvalue weighted by Gasteiger charge is -2.23. The Kier molecular flexibility index (Phi) is 5.47. The summed E-state index contributed by atoms with van der Waals surface area (Å²) in [5.41, 5.74) is 0. The molecule has 0 spiro atoms. The lowest BCUT2D eigenvalue weighted by Crippen LogP contribution is -2.43. The van der Waals surface area contributed by atoms with Crippen LogP contribution < -0.4 is 10.6 Å². The van der Waals surface area contributed by atoms with E-state index < -0.39 is 0 Å². The van der Waals surface area contributed by atoms with Crippen molar-refractivity contribution in [2.45, 2.75) is 39.2 Å². The fraction of sp³-hybridized carbons (Fsp3) is 0.909. The minimum absolute atomic E-state index is 0.262. The molecule has 88 valence electrons. The first-order chi connectivity index (χ1) is 7.18. The van der Waals surface area contributed by atoms with Gasteiger partial charge in [-0.2, -0.15) is 0 Å². The van der Waals surface area contributed by atoms with Gasteiger partial charge in [-0.3, -0.25) is 0 Å². The summed E-state index contributed by atoms with van der Waals surface area (Å²) in [4.78, 5) is 11.3. The molecule has 1 aliphatic heterocycles. The molecular formula is C11H22N2O2. The molecule has 1 fully saturated rings. The summed E-state index contributed by atoms with van der Waals surface area (Å²) >= 11 is 0. The van der Waals surface area contributed by atoms with Crippen molar-refractivity contribution in [3.05, 3.63) is 0 Å². The van der Waals surface area contributed by atoms with Crippen molar-refractivity contribution in [1.29, 1.82) is 0 Å². The predicted octanol–water partition coefficient (Wildman–Crippen LogP) is 1.51. The average Bonchev–Trinajstić information content (AvgIpc) is 2.18. The molecule has 1 rings (SSSR count). The summed E-state index contributed by atoms with van der Waals surface area (Å²) < 4.78 is 5.09. The van der Waals surface area contributed by atoms with Gasteiger partial charge in [0.05, 0.1) is 6.61 Å². The molecule has 2 N–H and O–H groups in total. The zero-order valence-electron chi connectivity index (χ0n) is 9.71. The summed E-state index contributed by atoms with van der Waals surface area (Å²) in [5, 5.41) is 6.15. The third-order valence-corrected chi connectivity index (χ3v) is 2.59. The van der Waals surface area contributed by atoms with Gasteiger partial charge in [0, 0.05) is 6.04 Å². The second kappa shape index (κ2) is 6.67. The number of nitrogens with one attached hydrogen (secondary N) is 2. The van der Waals surface area contributed by atoms with Crippen LogP contribution in [0, 0.1) is 5.92 Å². The van der Waals surface area contributed by atoms with Gasteiger partial charge in [0.25, 0.3) is 0 Å². The maximum atomic E-state index is 11.3. The molecule has 0 aromatic carbocycles. The van der Waals surface area contributed by atoms with E-state index in [9.17, 15) is 4.79 Å². The Hall–Kier alpha value is -0.770. The Labute approximate surface area is 91.8 Å². The Morgan fingerprint density at radius 3 is 2.73 bits per heavy atom. The molecule has 0 aromatic heterocycles. The molecule has 0 atom stereocenters. The highest BCUT2D eigenvalue weighted by Gasteiger charge is 2.15. The van der Waals surface area contributed by atoms with Crippen molar-refractivity contribution in [3.8, 4) is 0 Å². The van der Waals surface area contributed by atoms with E-state index >= 15 is 0 Å². The zero-order valence-corrected chi connectivity index (χ0v) is 9.71. The van der Waals surface area contributed by atoms with Gasteiger partial charge in [-0.15, -0.1) is 0 Å². The van der Waals surface area contributed by atoms with Crippen molar-refractivity contribution in [3.63, 3.8) is 0 Å². The van der Waals surface area contributed by atoms with Crippen LogP contribution in [-0.4, -0.2) is 31.8 Å². The number of ether oxygens (including phenoxy) is 1.